The molecule has 13 heteroatoms. The second kappa shape index (κ2) is 13.3. The topological polar surface area (TPSA) is 132 Å². The Bertz CT molecular complexity index is 1010. The quantitative estimate of drug-likeness (QED) is 0.127. The van der Waals surface area contributed by atoms with E-state index in [1.54, 1.807) is 0 Å². The Morgan fingerprint density at radius 3 is 2.24 bits per heavy atom. The van der Waals surface area contributed by atoms with Gasteiger partial charge in [0.05, 0.1) is 55.7 Å². The molecule has 0 saturated heterocycles. The number of hydroxylamine groups is 2. The highest BCUT2D eigenvalue weighted by Crippen LogP contribution is 2.32. The molecule has 2 aromatic carbocycles. The highest BCUT2D eigenvalue weighted by Gasteiger charge is 2.25. The minimum atomic E-state index is -1.52. The van der Waals surface area contributed by atoms with E-state index in [4.69, 9.17) is 19.9 Å². The number of rotatable bonds is 12. The van der Waals surface area contributed by atoms with Gasteiger partial charge in [0, 0.05) is 9.13 Å². The first-order valence-electron chi connectivity index (χ1n) is 9.41. The molecule has 0 aliphatic carbocycles. The minimum absolute atomic E-state index is 0.207. The summed E-state index contributed by atoms with van der Waals surface area (Å²) >= 11 is 1.87. The van der Waals surface area contributed by atoms with E-state index >= 15 is 4.39 Å². The number of hydrogen-bond acceptors (Lipinski definition) is 8. The number of hydrogen-bond donors (Lipinski definition) is 6. The summed E-state index contributed by atoms with van der Waals surface area (Å²) in [6.45, 7) is -1.88. The normalized spacial score (nSPS) is 11.4. The van der Waals surface area contributed by atoms with Crippen LogP contribution in [-0.4, -0.2) is 54.3 Å². The molecular weight excluding hydrogens is 562 g/mol. The van der Waals surface area contributed by atoms with Crippen LogP contribution in [0.25, 0.3) is 5.70 Å². The number of benzene rings is 2. The third-order valence-corrected chi connectivity index (χ3v) is 4.63. The van der Waals surface area contributed by atoms with Gasteiger partial charge in [0.2, 0.25) is 0 Å². The maximum absolute atomic E-state index is 15.1. The molecule has 0 fully saturated rings. The standard InChI is InChI=1S/C20H21F3IN3O6/c21-14-9-11(24)1-2-16(14)25-19-13(20(31)27-33-8-6-30)10-12(17(22)18(19)23)15(3-4-28)26-32-7-5-29/h1-3,9-10,25-26,28-30H,4-8H2,(H,27,31). The van der Waals surface area contributed by atoms with Crippen molar-refractivity contribution in [2.45, 2.75) is 0 Å². The van der Waals surface area contributed by atoms with E-state index in [-0.39, 0.29) is 31.2 Å². The number of carbonyl (C=O) groups excluding carboxylic acids is 1. The van der Waals surface area contributed by atoms with Crippen LogP contribution >= 0.6 is 22.6 Å². The predicted octanol–water partition coefficient (Wildman–Crippen LogP) is 1.95. The molecule has 9 nitrogen and oxygen atoms in total. The van der Waals surface area contributed by atoms with E-state index in [1.807, 2.05) is 28.1 Å². The summed E-state index contributed by atoms with van der Waals surface area (Å²) in [6.07, 6.45) is 1.05. The SMILES string of the molecule is O=C(NOCCO)c1cc(C(=CCO)NOCCO)c(F)c(F)c1Nc1ccc(I)cc1F. The highest BCUT2D eigenvalue weighted by molar-refractivity contribution is 14.1. The zero-order valence-electron chi connectivity index (χ0n) is 17.0. The third-order valence-electron chi connectivity index (χ3n) is 3.96. The van der Waals surface area contributed by atoms with Gasteiger partial charge in [0.15, 0.2) is 11.6 Å². The van der Waals surface area contributed by atoms with E-state index in [0.29, 0.717) is 3.57 Å². The van der Waals surface area contributed by atoms with Crippen molar-refractivity contribution in [2.75, 3.05) is 38.4 Å². The first kappa shape index (κ1) is 26.8. The number of halogens is 4. The van der Waals surface area contributed by atoms with E-state index in [0.717, 1.165) is 18.2 Å². The van der Waals surface area contributed by atoms with E-state index in [9.17, 15) is 18.7 Å². The van der Waals surface area contributed by atoms with Crippen molar-refractivity contribution in [1.29, 1.82) is 0 Å². The lowest BCUT2D eigenvalue weighted by Crippen LogP contribution is -2.27. The summed E-state index contributed by atoms with van der Waals surface area (Å²) in [7, 11) is 0. The van der Waals surface area contributed by atoms with Crippen LogP contribution in [0.4, 0.5) is 24.5 Å². The largest absolute Gasteiger partial charge is 0.394 e. The van der Waals surface area contributed by atoms with Crippen molar-refractivity contribution in [3.8, 4) is 0 Å². The molecular formula is C20H21F3IN3O6. The molecule has 0 atom stereocenters. The molecule has 0 unspecified atom stereocenters. The van der Waals surface area contributed by atoms with Gasteiger partial charge in [0.1, 0.15) is 5.82 Å². The second-order valence-corrected chi connectivity index (χ2v) is 7.45. The highest BCUT2D eigenvalue weighted by atomic mass is 127. The fourth-order valence-electron chi connectivity index (χ4n) is 2.54. The summed E-state index contributed by atoms with van der Waals surface area (Å²) in [4.78, 5) is 22.3. The Kier molecular flexibility index (Phi) is 10.8. The van der Waals surface area contributed by atoms with Crippen molar-refractivity contribution in [1.82, 2.24) is 11.0 Å². The van der Waals surface area contributed by atoms with Gasteiger partial charge < -0.3 is 20.6 Å². The maximum Gasteiger partial charge on any atom is 0.277 e. The molecule has 180 valence electrons. The molecule has 33 heavy (non-hydrogen) atoms. The van der Waals surface area contributed by atoms with Crippen LogP contribution in [0.15, 0.2) is 30.3 Å². The van der Waals surface area contributed by atoms with Crippen LogP contribution in [-0.2, 0) is 9.68 Å². The van der Waals surface area contributed by atoms with E-state index < -0.39 is 53.4 Å². The Labute approximate surface area is 200 Å². The molecule has 1 amide bonds. The van der Waals surface area contributed by atoms with Crippen LogP contribution in [0, 0.1) is 21.0 Å². The fourth-order valence-corrected chi connectivity index (χ4v) is 2.99. The molecule has 0 aromatic heterocycles. The van der Waals surface area contributed by atoms with Crippen LogP contribution in [0.2, 0.25) is 0 Å². The summed E-state index contributed by atoms with van der Waals surface area (Å²) in [5.74, 6) is -4.76. The summed E-state index contributed by atoms with van der Waals surface area (Å²) in [6, 6.07) is 4.89. The Hall–Kier alpha value is -2.43. The first-order chi connectivity index (χ1) is 15.8. The molecule has 0 aliphatic rings. The van der Waals surface area contributed by atoms with Crippen LogP contribution in [0.3, 0.4) is 0 Å². The average Bonchev–Trinajstić information content (AvgIpc) is 2.78. The first-order valence-corrected chi connectivity index (χ1v) is 10.5. The Morgan fingerprint density at radius 1 is 0.970 bits per heavy atom. The molecule has 0 saturated carbocycles. The predicted molar refractivity (Wildman–Crippen MR) is 120 cm³/mol. The molecule has 0 heterocycles. The van der Waals surface area contributed by atoms with Crippen LogP contribution in [0.5, 0.6) is 0 Å². The fraction of sp³-hybridized carbons (Fsp3) is 0.250. The second-order valence-electron chi connectivity index (χ2n) is 6.20. The van der Waals surface area contributed by atoms with Gasteiger partial charge in [-0.1, -0.05) is 0 Å². The van der Waals surface area contributed by atoms with Crippen molar-refractivity contribution in [3.05, 3.63) is 62.5 Å². The smallest absolute Gasteiger partial charge is 0.277 e. The zero-order chi connectivity index (χ0) is 24.4. The summed E-state index contributed by atoms with van der Waals surface area (Å²) in [5.41, 5.74) is 2.12. The van der Waals surface area contributed by atoms with Gasteiger partial charge in [-0.3, -0.25) is 19.9 Å². The molecule has 0 spiro atoms. The number of aliphatic hydroxyl groups excluding tert-OH is 3. The van der Waals surface area contributed by atoms with Crippen molar-refractivity contribution in [2.24, 2.45) is 0 Å². The van der Waals surface area contributed by atoms with Gasteiger partial charge in [-0.25, -0.2) is 18.7 Å². The summed E-state index contributed by atoms with van der Waals surface area (Å²) < 4.78 is 45.0. The third kappa shape index (κ3) is 7.28. The van der Waals surface area contributed by atoms with Crippen molar-refractivity contribution < 1.29 is 43.0 Å². The van der Waals surface area contributed by atoms with Gasteiger partial charge in [0.25, 0.3) is 5.91 Å². The van der Waals surface area contributed by atoms with E-state index in [2.05, 4.69) is 10.8 Å². The van der Waals surface area contributed by atoms with Gasteiger partial charge in [-0.05, 0) is 52.9 Å². The van der Waals surface area contributed by atoms with Gasteiger partial charge >= 0.3 is 0 Å². The maximum atomic E-state index is 15.1. The molecule has 0 aliphatic heterocycles. The molecule has 0 radical (unpaired) electrons. The monoisotopic (exact) mass is 583 g/mol. The number of amides is 1. The number of carbonyl (C=O) groups is 1. The van der Waals surface area contributed by atoms with Crippen LogP contribution in [0.1, 0.15) is 15.9 Å². The molecule has 0 bridgehead atoms. The molecule has 2 aromatic rings. The lowest BCUT2D eigenvalue weighted by molar-refractivity contribution is 0.0168. The Balaban J connectivity index is 2.58. The van der Waals surface area contributed by atoms with Gasteiger partial charge in [-0.15, -0.1) is 0 Å². The van der Waals surface area contributed by atoms with Crippen molar-refractivity contribution in [3.63, 3.8) is 0 Å². The summed E-state index contributed by atoms with van der Waals surface area (Å²) in [5, 5.41) is 29.2. The lowest BCUT2D eigenvalue weighted by Gasteiger charge is -2.18. The van der Waals surface area contributed by atoms with Crippen LogP contribution < -0.4 is 16.3 Å². The number of nitrogens with one attached hydrogen (secondary N) is 3. The minimum Gasteiger partial charge on any atom is -0.394 e. The average molecular weight is 583 g/mol. The lowest BCUT2D eigenvalue weighted by atomic mass is 10.0. The number of anilines is 2. The molecule has 2 rings (SSSR count). The van der Waals surface area contributed by atoms with Crippen molar-refractivity contribution >= 4 is 45.6 Å². The van der Waals surface area contributed by atoms with Gasteiger partial charge in [-0.2, -0.15) is 0 Å². The van der Waals surface area contributed by atoms with E-state index in [1.165, 1.54) is 12.1 Å². The Morgan fingerprint density at radius 2 is 1.64 bits per heavy atom. The molecule has 6 N–H and O–H groups in total. The zero-order valence-corrected chi connectivity index (χ0v) is 19.2. The number of aliphatic hydroxyl groups is 3.